The smallest absolute Gasteiger partial charge is 0.302 e. The predicted octanol–water partition coefficient (Wildman–Crippen LogP) is 4.80. The molecule has 0 aromatic rings. The van der Waals surface area contributed by atoms with Crippen LogP contribution in [0.1, 0.15) is 65.2 Å². The minimum absolute atomic E-state index is 0.212. The van der Waals surface area contributed by atoms with Crippen LogP contribution in [0.5, 0.6) is 0 Å². The van der Waals surface area contributed by atoms with Crippen LogP contribution in [0.25, 0.3) is 0 Å². The molecular formula is C16H28O2. The first-order valence-corrected chi connectivity index (χ1v) is 7.20. The number of ether oxygens (including phenoxy) is 1. The van der Waals surface area contributed by atoms with Crippen LogP contribution in [0.3, 0.4) is 0 Å². The zero-order chi connectivity index (χ0) is 13.5. The van der Waals surface area contributed by atoms with Gasteiger partial charge in [-0.15, -0.1) is 0 Å². The van der Waals surface area contributed by atoms with Crippen molar-refractivity contribution in [1.82, 2.24) is 0 Å². The van der Waals surface area contributed by atoms with Crippen molar-refractivity contribution < 1.29 is 9.53 Å². The molecule has 2 heteroatoms. The lowest BCUT2D eigenvalue weighted by atomic mass is 10.1. The van der Waals surface area contributed by atoms with Gasteiger partial charge >= 0.3 is 5.97 Å². The van der Waals surface area contributed by atoms with Crippen molar-refractivity contribution in [2.24, 2.45) is 0 Å². The van der Waals surface area contributed by atoms with E-state index in [-0.39, 0.29) is 5.97 Å². The maximum absolute atomic E-state index is 10.5. The highest BCUT2D eigenvalue weighted by atomic mass is 16.5. The van der Waals surface area contributed by atoms with Crippen molar-refractivity contribution in [2.75, 3.05) is 6.61 Å². The fourth-order valence-electron chi connectivity index (χ4n) is 1.63. The number of hydrogen-bond acceptors (Lipinski definition) is 2. The van der Waals surface area contributed by atoms with Gasteiger partial charge in [0.25, 0.3) is 0 Å². The van der Waals surface area contributed by atoms with Crippen molar-refractivity contribution >= 4 is 5.97 Å². The molecule has 0 saturated heterocycles. The van der Waals surface area contributed by atoms with Gasteiger partial charge in [0.15, 0.2) is 0 Å². The van der Waals surface area contributed by atoms with Crippen molar-refractivity contribution in [3.63, 3.8) is 0 Å². The molecule has 2 nitrogen and oxygen atoms in total. The summed E-state index contributed by atoms with van der Waals surface area (Å²) in [5.74, 6) is -0.212. The molecule has 0 bridgehead atoms. The molecule has 0 radical (unpaired) electrons. The number of carbonyl (C=O) groups is 1. The first kappa shape index (κ1) is 16.9. The molecule has 0 aromatic carbocycles. The Balaban J connectivity index is 3.13. The summed E-state index contributed by atoms with van der Waals surface area (Å²) in [6.07, 6.45) is 18.5. The summed E-state index contributed by atoms with van der Waals surface area (Å²) in [7, 11) is 0. The second kappa shape index (κ2) is 14.0. The Morgan fingerprint density at radius 2 is 1.44 bits per heavy atom. The lowest BCUT2D eigenvalue weighted by Gasteiger charge is -1.97. The van der Waals surface area contributed by atoms with E-state index in [1.54, 1.807) is 0 Å². The highest BCUT2D eigenvalue weighted by Gasteiger charge is 1.89. The van der Waals surface area contributed by atoms with Gasteiger partial charge in [0.05, 0.1) is 0 Å². The molecule has 0 N–H and O–H groups in total. The summed E-state index contributed by atoms with van der Waals surface area (Å²) < 4.78 is 4.80. The molecule has 0 amide bonds. The Kier molecular flexibility index (Phi) is 13.2. The van der Waals surface area contributed by atoms with Crippen LogP contribution in [-0.4, -0.2) is 12.6 Å². The molecule has 0 spiro atoms. The average Bonchev–Trinajstić information content (AvgIpc) is 2.34. The van der Waals surface area contributed by atoms with Crippen LogP contribution in [0, 0.1) is 0 Å². The third kappa shape index (κ3) is 14.9. The zero-order valence-corrected chi connectivity index (χ0v) is 12.0. The molecule has 0 aliphatic carbocycles. The Morgan fingerprint density at radius 3 is 2.00 bits per heavy atom. The van der Waals surface area contributed by atoms with E-state index in [4.69, 9.17) is 4.74 Å². The van der Waals surface area contributed by atoms with Gasteiger partial charge in [0.2, 0.25) is 0 Å². The van der Waals surface area contributed by atoms with Crippen LogP contribution in [0.4, 0.5) is 0 Å². The highest BCUT2D eigenvalue weighted by molar-refractivity contribution is 5.65. The largest absolute Gasteiger partial charge is 0.462 e. The van der Waals surface area contributed by atoms with Crippen molar-refractivity contribution in [3.05, 3.63) is 24.3 Å². The number of hydrogen-bond donors (Lipinski definition) is 0. The van der Waals surface area contributed by atoms with E-state index in [1.807, 2.05) is 6.08 Å². The summed E-state index contributed by atoms with van der Waals surface area (Å²) in [6.45, 7) is 4.06. The highest BCUT2D eigenvalue weighted by Crippen LogP contribution is 2.06. The molecule has 104 valence electrons. The van der Waals surface area contributed by atoms with Crippen LogP contribution in [0.2, 0.25) is 0 Å². The Labute approximate surface area is 112 Å². The van der Waals surface area contributed by atoms with E-state index in [9.17, 15) is 4.79 Å². The summed E-state index contributed by atoms with van der Waals surface area (Å²) >= 11 is 0. The molecule has 0 unspecified atom stereocenters. The second-order valence-electron chi connectivity index (χ2n) is 4.53. The Hall–Kier alpha value is -1.05. The van der Waals surface area contributed by atoms with E-state index < -0.39 is 0 Å². The van der Waals surface area contributed by atoms with Crippen LogP contribution in [-0.2, 0) is 9.53 Å². The van der Waals surface area contributed by atoms with Gasteiger partial charge in [0.1, 0.15) is 6.61 Å². The monoisotopic (exact) mass is 252 g/mol. The fraction of sp³-hybridized carbons (Fsp3) is 0.688. The van der Waals surface area contributed by atoms with Gasteiger partial charge in [-0.3, -0.25) is 4.79 Å². The molecular weight excluding hydrogens is 224 g/mol. The summed E-state index contributed by atoms with van der Waals surface area (Å²) in [5, 5.41) is 0. The van der Waals surface area contributed by atoms with Crippen molar-refractivity contribution in [2.45, 2.75) is 65.2 Å². The molecule has 0 aliphatic rings. The van der Waals surface area contributed by atoms with Crippen molar-refractivity contribution in [1.29, 1.82) is 0 Å². The van der Waals surface area contributed by atoms with Gasteiger partial charge < -0.3 is 4.74 Å². The molecule has 0 fully saturated rings. The summed E-state index contributed by atoms with van der Waals surface area (Å²) in [5.41, 5.74) is 0. The molecule has 0 heterocycles. The Bertz CT molecular complexity index is 241. The van der Waals surface area contributed by atoms with E-state index in [0.717, 1.165) is 6.42 Å². The molecule has 0 saturated carbocycles. The number of carbonyl (C=O) groups excluding carboxylic acids is 1. The minimum Gasteiger partial charge on any atom is -0.462 e. The second-order valence-corrected chi connectivity index (χ2v) is 4.53. The van der Waals surface area contributed by atoms with Crippen molar-refractivity contribution in [3.8, 4) is 0 Å². The first-order chi connectivity index (χ1) is 8.77. The molecule has 0 atom stereocenters. The SMILES string of the molecule is CCC/C=C\CCCCCC/C=C/COC(C)=O. The fourth-order valence-corrected chi connectivity index (χ4v) is 1.63. The van der Waals surface area contributed by atoms with Gasteiger partial charge in [-0.1, -0.05) is 50.5 Å². The van der Waals surface area contributed by atoms with E-state index in [2.05, 4.69) is 25.2 Å². The standard InChI is InChI=1S/C16H28O2/c1-3-4-5-6-7-8-9-10-11-12-13-14-15-18-16(2)17/h5-6,13-14H,3-4,7-12,15H2,1-2H3/b6-5-,14-13+. The van der Waals surface area contributed by atoms with E-state index >= 15 is 0 Å². The van der Waals surface area contributed by atoms with Crippen LogP contribution >= 0.6 is 0 Å². The third-order valence-corrected chi connectivity index (χ3v) is 2.66. The third-order valence-electron chi connectivity index (χ3n) is 2.66. The number of allylic oxidation sites excluding steroid dienone is 3. The lowest BCUT2D eigenvalue weighted by Crippen LogP contribution is -1.97. The van der Waals surface area contributed by atoms with Crippen LogP contribution in [0.15, 0.2) is 24.3 Å². The van der Waals surface area contributed by atoms with Gasteiger partial charge in [-0.05, 0) is 32.1 Å². The lowest BCUT2D eigenvalue weighted by molar-refractivity contribution is -0.139. The van der Waals surface area contributed by atoms with E-state index in [0.29, 0.717) is 6.61 Å². The normalized spacial score (nSPS) is 11.4. The maximum atomic E-state index is 10.5. The Morgan fingerprint density at radius 1 is 0.889 bits per heavy atom. The quantitative estimate of drug-likeness (QED) is 0.300. The maximum Gasteiger partial charge on any atom is 0.302 e. The minimum atomic E-state index is -0.212. The number of unbranched alkanes of at least 4 members (excludes halogenated alkanes) is 6. The van der Waals surface area contributed by atoms with Crippen LogP contribution < -0.4 is 0 Å². The van der Waals surface area contributed by atoms with E-state index in [1.165, 1.54) is 51.9 Å². The molecule has 0 rings (SSSR count). The number of rotatable bonds is 11. The van der Waals surface area contributed by atoms with Gasteiger partial charge in [0, 0.05) is 6.92 Å². The molecule has 18 heavy (non-hydrogen) atoms. The predicted molar refractivity (Wildman–Crippen MR) is 77.5 cm³/mol. The molecule has 0 aromatic heterocycles. The van der Waals surface area contributed by atoms with Gasteiger partial charge in [-0.2, -0.15) is 0 Å². The molecule has 0 aliphatic heterocycles. The topological polar surface area (TPSA) is 26.3 Å². The average molecular weight is 252 g/mol. The first-order valence-electron chi connectivity index (χ1n) is 7.20. The summed E-state index contributed by atoms with van der Waals surface area (Å²) in [6, 6.07) is 0. The van der Waals surface area contributed by atoms with Gasteiger partial charge in [-0.25, -0.2) is 0 Å². The zero-order valence-electron chi connectivity index (χ0n) is 12.0. The number of esters is 1. The summed E-state index contributed by atoms with van der Waals surface area (Å²) in [4.78, 5) is 10.5.